The van der Waals surface area contributed by atoms with Crippen LogP contribution in [-0.4, -0.2) is 34.2 Å². The van der Waals surface area contributed by atoms with Crippen LogP contribution in [0.5, 0.6) is 0 Å². The van der Waals surface area contributed by atoms with Crippen molar-refractivity contribution in [3.05, 3.63) is 11.1 Å². The number of aromatic amines is 1. The molecule has 0 bridgehead atoms. The molecule has 1 aromatic rings. The molecule has 0 aliphatic heterocycles. The molecule has 0 radical (unpaired) electrons. The van der Waals surface area contributed by atoms with E-state index in [-0.39, 0.29) is 0 Å². The third kappa shape index (κ3) is 2.21. The van der Waals surface area contributed by atoms with Crippen LogP contribution < -0.4 is 0 Å². The molecule has 1 aromatic heterocycles. The van der Waals surface area contributed by atoms with Crippen LogP contribution >= 0.6 is 12.2 Å². The first-order valence-electron chi connectivity index (χ1n) is 4.03. The van der Waals surface area contributed by atoms with Crippen LogP contribution in [0.4, 0.5) is 0 Å². The first kappa shape index (κ1) is 11.4. The van der Waals surface area contributed by atoms with E-state index in [1.807, 2.05) is 0 Å². The van der Waals surface area contributed by atoms with Gasteiger partial charge in [0.2, 0.25) is 0 Å². The summed E-state index contributed by atoms with van der Waals surface area (Å²) < 4.78 is 24.0. The Hall–Kier alpha value is -0.690. The molecule has 0 unspecified atom stereocenters. The molecule has 0 spiro atoms. The molecule has 7 heteroatoms. The third-order valence-electron chi connectivity index (χ3n) is 2.17. The summed E-state index contributed by atoms with van der Waals surface area (Å²) in [6.07, 6.45) is 2.71. The van der Waals surface area contributed by atoms with E-state index < -0.39 is 14.6 Å². The number of hydrogen-bond donors (Lipinski definition) is 1. The molecular weight excluding hydrogens is 222 g/mol. The quantitative estimate of drug-likeness (QED) is 0.786. The summed E-state index contributed by atoms with van der Waals surface area (Å²) in [6.45, 7) is 3.63. The lowest BCUT2D eigenvalue weighted by Crippen LogP contribution is -2.35. The number of sulfone groups is 1. The van der Waals surface area contributed by atoms with Gasteiger partial charge in [0.05, 0.1) is 4.75 Å². The van der Waals surface area contributed by atoms with Crippen molar-refractivity contribution in [1.82, 2.24) is 14.8 Å². The van der Waals surface area contributed by atoms with E-state index in [1.54, 1.807) is 18.4 Å². The molecule has 0 aliphatic carbocycles. The van der Waals surface area contributed by atoms with Crippen molar-refractivity contribution in [1.29, 1.82) is 0 Å². The van der Waals surface area contributed by atoms with Crippen molar-refractivity contribution in [2.45, 2.75) is 25.1 Å². The summed E-state index contributed by atoms with van der Waals surface area (Å²) in [7, 11) is -3.10. The minimum absolute atomic E-state index is 0.307. The topological polar surface area (TPSA) is 67.8 Å². The summed E-state index contributed by atoms with van der Waals surface area (Å²) in [5.41, 5.74) is 0. The molecule has 80 valence electrons. The standard InChI is InChI=1S/C7H13N3O2S2/c1-7(2,14(3,11)12)4-10-5-8-9-6(10)13/h5H,4H2,1-3H3,(H,9,13). The smallest absolute Gasteiger partial charge is 0.194 e. The Kier molecular flexibility index (Phi) is 2.82. The van der Waals surface area contributed by atoms with Gasteiger partial charge in [-0.25, -0.2) is 8.42 Å². The average molecular weight is 235 g/mol. The zero-order chi connectivity index (χ0) is 11.0. The Morgan fingerprint density at radius 1 is 1.64 bits per heavy atom. The fourth-order valence-corrected chi connectivity index (χ4v) is 1.45. The second-order valence-corrected chi connectivity index (χ2v) is 6.86. The van der Waals surface area contributed by atoms with Crippen molar-refractivity contribution in [3.8, 4) is 0 Å². The third-order valence-corrected chi connectivity index (χ3v) is 4.64. The molecule has 1 rings (SSSR count). The highest BCUT2D eigenvalue weighted by Crippen LogP contribution is 2.17. The van der Waals surface area contributed by atoms with Crippen LogP contribution in [0.3, 0.4) is 0 Å². The summed E-state index contributed by atoms with van der Waals surface area (Å²) in [5.74, 6) is 0. The fourth-order valence-electron chi connectivity index (χ4n) is 0.911. The Labute approximate surface area is 88.1 Å². The van der Waals surface area contributed by atoms with Gasteiger partial charge in [0.15, 0.2) is 14.6 Å². The Balaban J connectivity index is 3.01. The van der Waals surface area contributed by atoms with E-state index in [0.29, 0.717) is 11.3 Å². The van der Waals surface area contributed by atoms with Gasteiger partial charge in [0.25, 0.3) is 0 Å². The molecule has 14 heavy (non-hydrogen) atoms. The number of nitrogens with one attached hydrogen (secondary N) is 1. The van der Waals surface area contributed by atoms with Crippen molar-refractivity contribution in [3.63, 3.8) is 0 Å². The zero-order valence-corrected chi connectivity index (χ0v) is 9.94. The van der Waals surface area contributed by atoms with Crippen molar-refractivity contribution >= 4 is 22.1 Å². The summed E-state index contributed by atoms with van der Waals surface area (Å²) in [5, 5.41) is 6.30. The number of aromatic nitrogens is 3. The molecule has 0 amide bonds. The average Bonchev–Trinajstić information content (AvgIpc) is 2.33. The number of rotatable bonds is 3. The van der Waals surface area contributed by atoms with E-state index >= 15 is 0 Å². The van der Waals surface area contributed by atoms with E-state index in [0.717, 1.165) is 0 Å². The highest BCUT2D eigenvalue weighted by Gasteiger charge is 2.30. The van der Waals surface area contributed by atoms with Crippen LogP contribution in [0.1, 0.15) is 13.8 Å². The van der Waals surface area contributed by atoms with Crippen LogP contribution in [-0.2, 0) is 16.4 Å². The van der Waals surface area contributed by atoms with Gasteiger partial charge in [-0.1, -0.05) is 0 Å². The molecule has 0 fully saturated rings. The second-order valence-electron chi connectivity index (χ2n) is 3.82. The molecule has 5 nitrogen and oxygen atoms in total. The van der Waals surface area contributed by atoms with Crippen LogP contribution in [0, 0.1) is 4.77 Å². The highest BCUT2D eigenvalue weighted by molar-refractivity contribution is 7.92. The fraction of sp³-hybridized carbons (Fsp3) is 0.714. The molecule has 0 atom stereocenters. The SMILES string of the molecule is CC(C)(Cn1cn[nH]c1=S)S(C)(=O)=O. The predicted molar refractivity (Wildman–Crippen MR) is 56.3 cm³/mol. The van der Waals surface area contributed by atoms with Gasteiger partial charge in [-0.2, -0.15) is 5.10 Å². The van der Waals surface area contributed by atoms with Gasteiger partial charge in [-0.3, -0.25) is 5.10 Å². The maximum absolute atomic E-state index is 11.4. The molecule has 0 aliphatic rings. The molecular formula is C7H13N3O2S2. The Bertz CT molecular complexity index is 469. The van der Waals surface area contributed by atoms with Crippen molar-refractivity contribution in [2.75, 3.05) is 6.26 Å². The maximum atomic E-state index is 11.4. The second kappa shape index (κ2) is 3.47. The molecule has 0 saturated carbocycles. The number of hydrogen-bond acceptors (Lipinski definition) is 4. The molecule has 1 heterocycles. The zero-order valence-electron chi connectivity index (χ0n) is 8.31. The van der Waals surface area contributed by atoms with E-state index in [1.165, 1.54) is 12.6 Å². The van der Waals surface area contributed by atoms with Gasteiger partial charge in [0, 0.05) is 12.8 Å². The van der Waals surface area contributed by atoms with Gasteiger partial charge in [0.1, 0.15) is 6.33 Å². The lowest BCUT2D eigenvalue weighted by Gasteiger charge is -2.22. The van der Waals surface area contributed by atoms with Crippen molar-refractivity contribution in [2.24, 2.45) is 0 Å². The van der Waals surface area contributed by atoms with Gasteiger partial charge in [-0.15, -0.1) is 0 Å². The van der Waals surface area contributed by atoms with E-state index in [4.69, 9.17) is 12.2 Å². The lowest BCUT2D eigenvalue weighted by atomic mass is 10.2. The largest absolute Gasteiger partial charge is 0.305 e. The lowest BCUT2D eigenvalue weighted by molar-refractivity contribution is 0.500. The first-order chi connectivity index (χ1) is 6.24. The highest BCUT2D eigenvalue weighted by atomic mass is 32.2. The van der Waals surface area contributed by atoms with Gasteiger partial charge < -0.3 is 4.57 Å². The maximum Gasteiger partial charge on any atom is 0.194 e. The van der Waals surface area contributed by atoms with E-state index in [9.17, 15) is 8.42 Å². The van der Waals surface area contributed by atoms with Crippen LogP contribution in [0.15, 0.2) is 6.33 Å². The number of H-pyrrole nitrogens is 1. The normalized spacial score (nSPS) is 13.1. The summed E-state index contributed by atoms with van der Waals surface area (Å²) >= 11 is 4.93. The Morgan fingerprint density at radius 3 is 2.57 bits per heavy atom. The van der Waals surface area contributed by atoms with Gasteiger partial charge >= 0.3 is 0 Å². The predicted octanol–water partition coefficient (Wildman–Crippen LogP) is 0.764. The monoisotopic (exact) mass is 235 g/mol. The van der Waals surface area contributed by atoms with Crippen LogP contribution in [0.2, 0.25) is 0 Å². The number of nitrogens with zero attached hydrogens (tertiary/aromatic N) is 2. The Morgan fingerprint density at radius 2 is 2.21 bits per heavy atom. The van der Waals surface area contributed by atoms with Crippen LogP contribution in [0.25, 0.3) is 0 Å². The minimum Gasteiger partial charge on any atom is -0.305 e. The molecule has 0 saturated heterocycles. The first-order valence-corrected chi connectivity index (χ1v) is 6.33. The van der Waals surface area contributed by atoms with Crippen molar-refractivity contribution < 1.29 is 8.42 Å². The molecule has 1 N–H and O–H groups in total. The van der Waals surface area contributed by atoms with E-state index in [2.05, 4.69) is 10.2 Å². The van der Waals surface area contributed by atoms with Gasteiger partial charge in [-0.05, 0) is 26.1 Å². The summed E-state index contributed by atoms with van der Waals surface area (Å²) in [6, 6.07) is 0. The summed E-state index contributed by atoms with van der Waals surface area (Å²) in [4.78, 5) is 0. The molecule has 0 aromatic carbocycles. The minimum atomic E-state index is -3.10.